The van der Waals surface area contributed by atoms with Crippen molar-refractivity contribution < 1.29 is 4.74 Å². The van der Waals surface area contributed by atoms with E-state index in [2.05, 4.69) is 40.5 Å². The maximum Gasteiger partial charge on any atom is 0.137 e. The Labute approximate surface area is 130 Å². The van der Waals surface area contributed by atoms with E-state index >= 15 is 0 Å². The molecule has 0 amide bonds. The summed E-state index contributed by atoms with van der Waals surface area (Å²) in [5.41, 5.74) is 2.46. The topological polar surface area (TPSA) is 24.5 Å². The van der Waals surface area contributed by atoms with Gasteiger partial charge < -0.3 is 15.0 Å². The average molecular weight is 303 g/mol. The number of nitrogens with zero attached hydrogens (tertiary/aromatic N) is 1. The first-order valence-corrected chi connectivity index (χ1v) is 7.52. The van der Waals surface area contributed by atoms with Crippen molar-refractivity contribution >= 4 is 17.3 Å². The predicted molar refractivity (Wildman–Crippen MR) is 87.4 cm³/mol. The molecule has 1 atom stereocenters. The fourth-order valence-corrected chi connectivity index (χ4v) is 3.00. The molecule has 1 N–H and O–H groups in total. The quantitative estimate of drug-likeness (QED) is 0.939. The Morgan fingerprint density at radius 2 is 2.00 bits per heavy atom. The third-order valence-electron chi connectivity index (χ3n) is 3.88. The lowest BCUT2D eigenvalue weighted by atomic mass is 10.0. The third-order valence-corrected chi connectivity index (χ3v) is 4.17. The van der Waals surface area contributed by atoms with E-state index in [0.29, 0.717) is 11.1 Å². The number of nitrogens with one attached hydrogen (secondary N) is 1. The van der Waals surface area contributed by atoms with Gasteiger partial charge in [0.15, 0.2) is 0 Å². The van der Waals surface area contributed by atoms with E-state index in [4.69, 9.17) is 16.3 Å². The summed E-state index contributed by atoms with van der Waals surface area (Å²) in [5.74, 6) is 0.718. The molecule has 0 aliphatic carbocycles. The van der Waals surface area contributed by atoms with Gasteiger partial charge in [0.05, 0.1) is 12.1 Å². The number of hydrogen-bond acceptors (Lipinski definition) is 3. The highest BCUT2D eigenvalue weighted by atomic mass is 35.5. The van der Waals surface area contributed by atoms with Crippen LogP contribution in [0.4, 0.5) is 5.69 Å². The van der Waals surface area contributed by atoms with Crippen LogP contribution in [-0.2, 0) is 0 Å². The van der Waals surface area contributed by atoms with Gasteiger partial charge in [-0.25, -0.2) is 0 Å². The fourth-order valence-electron chi connectivity index (χ4n) is 2.75. The summed E-state index contributed by atoms with van der Waals surface area (Å²) in [6.07, 6.45) is 0. The molecule has 0 bridgehead atoms. The van der Waals surface area contributed by atoms with Crippen LogP contribution in [0.25, 0.3) is 0 Å². The zero-order chi connectivity index (χ0) is 14.7. The number of rotatable bonds is 3. The summed E-state index contributed by atoms with van der Waals surface area (Å²) in [6, 6.07) is 16.9. The van der Waals surface area contributed by atoms with Crippen LogP contribution in [0.1, 0.15) is 11.6 Å². The highest BCUT2D eigenvalue weighted by Gasteiger charge is 2.21. The molecule has 1 heterocycles. The van der Waals surface area contributed by atoms with Gasteiger partial charge in [-0.15, -0.1) is 0 Å². The summed E-state index contributed by atoms with van der Waals surface area (Å²) in [4.78, 5) is 2.36. The minimum atomic E-state index is 0.348. The van der Waals surface area contributed by atoms with Crippen molar-refractivity contribution in [1.29, 1.82) is 0 Å². The summed E-state index contributed by atoms with van der Waals surface area (Å²) >= 11 is 6.23. The molecule has 2 aromatic rings. The monoisotopic (exact) mass is 302 g/mol. The number of anilines is 1. The van der Waals surface area contributed by atoms with Gasteiger partial charge in [-0.2, -0.15) is 0 Å². The Bertz CT molecular complexity index is 603. The van der Waals surface area contributed by atoms with Gasteiger partial charge in [-0.3, -0.25) is 0 Å². The normalized spacial score (nSPS) is 18.6. The molecule has 110 valence electrons. The van der Waals surface area contributed by atoms with Crippen LogP contribution in [0.5, 0.6) is 5.75 Å². The largest absolute Gasteiger partial charge is 0.495 e. The summed E-state index contributed by atoms with van der Waals surface area (Å²) in [6.45, 7) is 2.88. The van der Waals surface area contributed by atoms with Crippen LogP contribution < -0.4 is 15.0 Å². The first kappa shape index (κ1) is 14.2. The lowest BCUT2D eigenvalue weighted by molar-refractivity contribution is 0.415. The van der Waals surface area contributed by atoms with Crippen LogP contribution in [0.2, 0.25) is 5.02 Å². The van der Waals surface area contributed by atoms with E-state index in [9.17, 15) is 0 Å². The van der Waals surface area contributed by atoms with Crippen molar-refractivity contribution in [2.45, 2.75) is 6.04 Å². The second-order valence-corrected chi connectivity index (χ2v) is 5.59. The molecule has 1 saturated heterocycles. The van der Waals surface area contributed by atoms with Crippen LogP contribution >= 0.6 is 11.6 Å². The highest BCUT2D eigenvalue weighted by Crippen LogP contribution is 2.30. The lowest BCUT2D eigenvalue weighted by Crippen LogP contribution is -2.45. The molecule has 1 unspecified atom stereocenters. The minimum absolute atomic E-state index is 0.348. The molecule has 1 fully saturated rings. The van der Waals surface area contributed by atoms with Crippen molar-refractivity contribution in [3.8, 4) is 5.75 Å². The van der Waals surface area contributed by atoms with Crippen LogP contribution in [0, 0.1) is 0 Å². The molecule has 2 aromatic carbocycles. The van der Waals surface area contributed by atoms with E-state index in [-0.39, 0.29) is 0 Å². The number of benzene rings is 2. The van der Waals surface area contributed by atoms with E-state index in [1.807, 2.05) is 18.2 Å². The van der Waals surface area contributed by atoms with Crippen molar-refractivity contribution in [2.75, 3.05) is 31.6 Å². The smallest absolute Gasteiger partial charge is 0.137 e. The maximum absolute atomic E-state index is 6.23. The van der Waals surface area contributed by atoms with E-state index in [1.54, 1.807) is 7.11 Å². The Morgan fingerprint density at radius 1 is 1.19 bits per heavy atom. The minimum Gasteiger partial charge on any atom is -0.495 e. The zero-order valence-corrected chi connectivity index (χ0v) is 12.8. The molecule has 0 aromatic heterocycles. The molecule has 1 aliphatic rings. The average Bonchev–Trinajstić information content (AvgIpc) is 2.56. The molecule has 1 aliphatic heterocycles. The van der Waals surface area contributed by atoms with Gasteiger partial charge in [0.2, 0.25) is 0 Å². The van der Waals surface area contributed by atoms with Gasteiger partial charge in [0, 0.05) is 31.4 Å². The van der Waals surface area contributed by atoms with Crippen LogP contribution in [0.3, 0.4) is 0 Å². The summed E-state index contributed by atoms with van der Waals surface area (Å²) < 4.78 is 5.21. The summed E-state index contributed by atoms with van der Waals surface area (Å²) in [5, 5.41) is 4.23. The number of hydrogen-bond donors (Lipinski definition) is 1. The van der Waals surface area contributed by atoms with Crippen molar-refractivity contribution in [3.63, 3.8) is 0 Å². The first-order chi connectivity index (χ1) is 10.3. The third kappa shape index (κ3) is 3.14. The second kappa shape index (κ2) is 6.37. The SMILES string of the molecule is COc1ccc(N2CCNC(c3ccccc3)C2)cc1Cl. The Balaban J connectivity index is 1.78. The molecule has 4 heteroatoms. The Morgan fingerprint density at radius 3 is 2.71 bits per heavy atom. The highest BCUT2D eigenvalue weighted by molar-refractivity contribution is 6.32. The van der Waals surface area contributed by atoms with E-state index < -0.39 is 0 Å². The Hall–Kier alpha value is -1.71. The van der Waals surface area contributed by atoms with Gasteiger partial charge in [-0.1, -0.05) is 41.9 Å². The summed E-state index contributed by atoms with van der Waals surface area (Å²) in [7, 11) is 1.64. The number of ether oxygens (including phenoxy) is 1. The molecule has 0 spiro atoms. The predicted octanol–water partition coefficient (Wildman–Crippen LogP) is 3.50. The van der Waals surface area contributed by atoms with Gasteiger partial charge in [0.25, 0.3) is 0 Å². The van der Waals surface area contributed by atoms with E-state index in [0.717, 1.165) is 31.1 Å². The van der Waals surface area contributed by atoms with Crippen LogP contribution in [-0.4, -0.2) is 26.7 Å². The van der Waals surface area contributed by atoms with Crippen molar-refractivity contribution in [2.24, 2.45) is 0 Å². The first-order valence-electron chi connectivity index (χ1n) is 7.15. The number of methoxy groups -OCH3 is 1. The number of halogens is 1. The molecular formula is C17H19ClN2O. The molecule has 0 radical (unpaired) electrons. The lowest BCUT2D eigenvalue weighted by Gasteiger charge is -2.35. The van der Waals surface area contributed by atoms with Gasteiger partial charge in [0.1, 0.15) is 5.75 Å². The Kier molecular flexibility index (Phi) is 4.32. The number of piperazine rings is 1. The molecule has 3 rings (SSSR count). The molecule has 3 nitrogen and oxygen atoms in total. The standard InChI is InChI=1S/C17H19ClN2O/c1-21-17-8-7-14(11-15(17)18)20-10-9-19-16(12-20)13-5-3-2-4-6-13/h2-8,11,16,19H,9-10,12H2,1H3. The zero-order valence-electron chi connectivity index (χ0n) is 12.1. The van der Waals surface area contributed by atoms with Crippen LogP contribution in [0.15, 0.2) is 48.5 Å². The van der Waals surface area contributed by atoms with Gasteiger partial charge >= 0.3 is 0 Å². The second-order valence-electron chi connectivity index (χ2n) is 5.18. The van der Waals surface area contributed by atoms with Crippen molar-refractivity contribution in [3.05, 3.63) is 59.1 Å². The molecule has 21 heavy (non-hydrogen) atoms. The maximum atomic E-state index is 6.23. The van der Waals surface area contributed by atoms with Crippen molar-refractivity contribution in [1.82, 2.24) is 5.32 Å². The molecule has 0 saturated carbocycles. The fraction of sp³-hybridized carbons (Fsp3) is 0.294. The van der Waals surface area contributed by atoms with E-state index in [1.165, 1.54) is 5.56 Å². The van der Waals surface area contributed by atoms with Gasteiger partial charge in [-0.05, 0) is 23.8 Å². The molecular weight excluding hydrogens is 284 g/mol.